The van der Waals surface area contributed by atoms with E-state index < -0.39 is 12.0 Å². The maximum atomic E-state index is 12.7. The zero-order chi connectivity index (χ0) is 21.2. The highest BCUT2D eigenvalue weighted by Gasteiger charge is 2.24. The molecular weight excluding hydrogens is 368 g/mol. The third-order valence-corrected chi connectivity index (χ3v) is 4.15. The van der Waals surface area contributed by atoms with Crippen LogP contribution in [0.15, 0.2) is 60.7 Å². The molecule has 1 atom stereocenters. The Balaban J connectivity index is 2.00. The van der Waals surface area contributed by atoms with Gasteiger partial charge in [0.1, 0.15) is 6.04 Å². The summed E-state index contributed by atoms with van der Waals surface area (Å²) in [4.78, 5) is 36.4. The predicted molar refractivity (Wildman–Crippen MR) is 113 cm³/mol. The fraction of sp³-hybridized carbons (Fsp3) is 0.261. The van der Waals surface area contributed by atoms with Gasteiger partial charge in [0.25, 0.3) is 5.91 Å². The van der Waals surface area contributed by atoms with Crippen LogP contribution in [0.4, 0.5) is 5.69 Å². The molecule has 152 valence electrons. The number of benzene rings is 2. The predicted octanol–water partition coefficient (Wildman–Crippen LogP) is 3.66. The molecule has 1 unspecified atom stereocenters. The van der Waals surface area contributed by atoms with Crippen LogP contribution >= 0.6 is 0 Å². The molecule has 2 aromatic carbocycles. The minimum absolute atomic E-state index is 0.0885. The molecule has 0 spiro atoms. The Kier molecular flexibility index (Phi) is 8.15. The largest absolute Gasteiger partial charge is 0.463 e. The molecule has 0 saturated carbocycles. The standard InChI is InChI=1S/C23H26N2O4/c1-4-29-20(26)15-12-17-10-13-19(14-11-17)24-23(28)21(16(2)3)25-22(27)18-8-6-5-7-9-18/h5-16,21H,4H2,1-3H3,(H,24,28)(H,25,27)/b15-12+. The number of rotatable bonds is 8. The molecule has 29 heavy (non-hydrogen) atoms. The third-order valence-electron chi connectivity index (χ3n) is 4.15. The van der Waals surface area contributed by atoms with Gasteiger partial charge in [-0.15, -0.1) is 0 Å². The highest BCUT2D eigenvalue weighted by molar-refractivity contribution is 6.01. The summed E-state index contributed by atoms with van der Waals surface area (Å²) in [6.45, 7) is 5.82. The van der Waals surface area contributed by atoms with Crippen molar-refractivity contribution in [2.24, 2.45) is 5.92 Å². The maximum Gasteiger partial charge on any atom is 0.330 e. The zero-order valence-corrected chi connectivity index (χ0v) is 16.8. The van der Waals surface area contributed by atoms with E-state index in [1.807, 2.05) is 19.9 Å². The first-order valence-electron chi connectivity index (χ1n) is 9.52. The monoisotopic (exact) mass is 394 g/mol. The van der Waals surface area contributed by atoms with E-state index in [4.69, 9.17) is 4.74 Å². The Hall–Kier alpha value is -3.41. The highest BCUT2D eigenvalue weighted by Crippen LogP contribution is 2.13. The van der Waals surface area contributed by atoms with Crippen LogP contribution in [0.5, 0.6) is 0 Å². The quantitative estimate of drug-likeness (QED) is 0.529. The number of carbonyl (C=O) groups is 3. The molecule has 6 nitrogen and oxygen atoms in total. The van der Waals surface area contributed by atoms with Gasteiger partial charge in [-0.05, 0) is 48.7 Å². The summed E-state index contributed by atoms with van der Waals surface area (Å²) in [6, 6.07) is 15.1. The number of amides is 2. The van der Waals surface area contributed by atoms with Gasteiger partial charge in [0.15, 0.2) is 0 Å². The molecule has 0 saturated heterocycles. The molecule has 0 fully saturated rings. The van der Waals surface area contributed by atoms with Crippen LogP contribution in [-0.4, -0.2) is 30.4 Å². The van der Waals surface area contributed by atoms with Crippen molar-refractivity contribution in [3.8, 4) is 0 Å². The van der Waals surface area contributed by atoms with Crippen molar-refractivity contribution in [3.63, 3.8) is 0 Å². The van der Waals surface area contributed by atoms with Crippen LogP contribution in [0.3, 0.4) is 0 Å². The van der Waals surface area contributed by atoms with Crippen LogP contribution in [0.2, 0.25) is 0 Å². The van der Waals surface area contributed by atoms with E-state index in [0.717, 1.165) is 5.56 Å². The third kappa shape index (κ3) is 6.92. The number of hydrogen-bond acceptors (Lipinski definition) is 4. The minimum Gasteiger partial charge on any atom is -0.463 e. The lowest BCUT2D eigenvalue weighted by Gasteiger charge is -2.22. The zero-order valence-electron chi connectivity index (χ0n) is 16.8. The molecule has 2 amide bonds. The van der Waals surface area contributed by atoms with E-state index in [1.54, 1.807) is 61.5 Å². The molecule has 2 aromatic rings. The number of nitrogens with one attached hydrogen (secondary N) is 2. The number of hydrogen-bond donors (Lipinski definition) is 2. The number of ether oxygens (including phenoxy) is 1. The SMILES string of the molecule is CCOC(=O)/C=C/c1ccc(NC(=O)C(NC(=O)c2ccccc2)C(C)C)cc1. The molecule has 0 heterocycles. The average Bonchev–Trinajstić information content (AvgIpc) is 2.72. The highest BCUT2D eigenvalue weighted by atomic mass is 16.5. The van der Waals surface area contributed by atoms with Gasteiger partial charge in [-0.25, -0.2) is 4.79 Å². The molecular formula is C23H26N2O4. The van der Waals surface area contributed by atoms with Crippen molar-refractivity contribution >= 4 is 29.5 Å². The Bertz CT molecular complexity index is 858. The van der Waals surface area contributed by atoms with E-state index in [9.17, 15) is 14.4 Å². The van der Waals surface area contributed by atoms with Gasteiger partial charge >= 0.3 is 5.97 Å². The van der Waals surface area contributed by atoms with Gasteiger partial charge < -0.3 is 15.4 Å². The van der Waals surface area contributed by atoms with E-state index in [2.05, 4.69) is 10.6 Å². The van der Waals surface area contributed by atoms with Crippen molar-refractivity contribution in [3.05, 3.63) is 71.8 Å². The molecule has 0 aliphatic carbocycles. The second-order valence-corrected chi connectivity index (χ2v) is 6.76. The molecule has 2 rings (SSSR count). The van der Waals surface area contributed by atoms with Crippen LogP contribution in [0.1, 0.15) is 36.7 Å². The van der Waals surface area contributed by atoms with E-state index >= 15 is 0 Å². The molecule has 0 aliphatic rings. The summed E-state index contributed by atoms with van der Waals surface area (Å²) >= 11 is 0. The lowest BCUT2D eigenvalue weighted by atomic mass is 10.0. The first kappa shape index (κ1) is 21.9. The summed E-state index contributed by atoms with van der Waals surface area (Å²) in [6.07, 6.45) is 2.99. The molecule has 0 radical (unpaired) electrons. The summed E-state index contributed by atoms with van der Waals surface area (Å²) in [7, 11) is 0. The molecule has 6 heteroatoms. The van der Waals surface area contributed by atoms with Crippen LogP contribution in [0, 0.1) is 5.92 Å². The van der Waals surface area contributed by atoms with Crippen molar-refractivity contribution in [1.82, 2.24) is 5.32 Å². The van der Waals surface area contributed by atoms with Gasteiger partial charge in [0, 0.05) is 17.3 Å². The van der Waals surface area contributed by atoms with E-state index in [-0.39, 0.29) is 17.7 Å². The lowest BCUT2D eigenvalue weighted by Crippen LogP contribution is -2.47. The van der Waals surface area contributed by atoms with E-state index in [1.165, 1.54) is 6.08 Å². The Morgan fingerprint density at radius 1 is 1.00 bits per heavy atom. The fourth-order valence-electron chi connectivity index (χ4n) is 2.60. The second-order valence-electron chi connectivity index (χ2n) is 6.76. The van der Waals surface area contributed by atoms with Gasteiger partial charge in [-0.1, -0.05) is 44.2 Å². The van der Waals surface area contributed by atoms with Gasteiger partial charge in [-0.3, -0.25) is 9.59 Å². The van der Waals surface area contributed by atoms with Crippen molar-refractivity contribution in [2.75, 3.05) is 11.9 Å². The lowest BCUT2D eigenvalue weighted by molar-refractivity contribution is -0.137. The van der Waals surface area contributed by atoms with Gasteiger partial charge in [-0.2, -0.15) is 0 Å². The number of esters is 1. The minimum atomic E-state index is -0.675. The Labute approximate surface area is 171 Å². The summed E-state index contributed by atoms with van der Waals surface area (Å²) in [5, 5.41) is 5.62. The Morgan fingerprint density at radius 2 is 1.66 bits per heavy atom. The first-order chi connectivity index (χ1) is 13.9. The molecule has 0 aromatic heterocycles. The topological polar surface area (TPSA) is 84.5 Å². The molecule has 0 aliphatic heterocycles. The van der Waals surface area contributed by atoms with Crippen molar-refractivity contribution < 1.29 is 19.1 Å². The van der Waals surface area contributed by atoms with Crippen LogP contribution in [-0.2, 0) is 14.3 Å². The van der Waals surface area contributed by atoms with Crippen LogP contribution in [0.25, 0.3) is 6.08 Å². The molecule has 2 N–H and O–H groups in total. The summed E-state index contributed by atoms with van der Waals surface area (Å²) in [5.74, 6) is -1.08. The summed E-state index contributed by atoms with van der Waals surface area (Å²) in [5.41, 5.74) is 1.90. The van der Waals surface area contributed by atoms with E-state index in [0.29, 0.717) is 17.9 Å². The maximum absolute atomic E-state index is 12.7. The van der Waals surface area contributed by atoms with Crippen molar-refractivity contribution in [1.29, 1.82) is 0 Å². The summed E-state index contributed by atoms with van der Waals surface area (Å²) < 4.78 is 4.84. The first-order valence-corrected chi connectivity index (χ1v) is 9.52. The van der Waals surface area contributed by atoms with Gasteiger partial charge in [0.05, 0.1) is 6.61 Å². The number of anilines is 1. The Morgan fingerprint density at radius 3 is 2.24 bits per heavy atom. The van der Waals surface area contributed by atoms with Crippen LogP contribution < -0.4 is 10.6 Å². The normalized spacial score (nSPS) is 11.9. The van der Waals surface area contributed by atoms with Gasteiger partial charge in [0.2, 0.25) is 5.91 Å². The fourth-order valence-corrected chi connectivity index (χ4v) is 2.60. The second kappa shape index (κ2) is 10.8. The number of carbonyl (C=O) groups excluding carboxylic acids is 3. The smallest absolute Gasteiger partial charge is 0.330 e. The van der Waals surface area contributed by atoms with Crippen molar-refractivity contribution in [2.45, 2.75) is 26.8 Å². The molecule has 0 bridgehead atoms. The average molecular weight is 394 g/mol.